The van der Waals surface area contributed by atoms with Crippen LogP contribution in [0.4, 0.5) is 11.4 Å². The van der Waals surface area contributed by atoms with Gasteiger partial charge in [-0.1, -0.05) is 6.07 Å². The van der Waals surface area contributed by atoms with Crippen LogP contribution in [0, 0.1) is 17.0 Å². The molecule has 5 nitrogen and oxygen atoms in total. The third kappa shape index (κ3) is 4.03. The van der Waals surface area contributed by atoms with Crippen LogP contribution < -0.4 is 5.32 Å². The molecule has 0 saturated heterocycles. The molecule has 1 aromatic carbocycles. The number of nitrogens with one attached hydrogen (secondary N) is 1. The molecule has 0 heterocycles. The van der Waals surface area contributed by atoms with Crippen molar-refractivity contribution in [3.8, 4) is 0 Å². The second kappa shape index (κ2) is 6.20. The summed E-state index contributed by atoms with van der Waals surface area (Å²) in [4.78, 5) is 10.3. The highest BCUT2D eigenvalue weighted by Gasteiger charge is 2.10. The number of hydrogen-bond donors (Lipinski definition) is 2. The Kier molecular flexibility index (Phi) is 4.90. The highest BCUT2D eigenvalue weighted by molar-refractivity contribution is 5.57. The van der Waals surface area contributed by atoms with E-state index in [1.165, 1.54) is 6.07 Å². The van der Waals surface area contributed by atoms with Crippen LogP contribution in [0.5, 0.6) is 0 Å². The SMILES string of the molecule is Cc1ccc([N+](=O)[O-])cc1NC(C)CCCO. The normalized spacial score (nSPS) is 12.2. The van der Waals surface area contributed by atoms with E-state index in [9.17, 15) is 10.1 Å². The molecule has 17 heavy (non-hydrogen) atoms. The molecule has 0 saturated carbocycles. The van der Waals surface area contributed by atoms with Gasteiger partial charge < -0.3 is 10.4 Å². The lowest BCUT2D eigenvalue weighted by Crippen LogP contribution is -2.16. The number of hydrogen-bond acceptors (Lipinski definition) is 4. The number of nitrogens with zero attached hydrogens (tertiary/aromatic N) is 1. The van der Waals surface area contributed by atoms with Crippen molar-refractivity contribution in [1.82, 2.24) is 0 Å². The predicted octanol–water partition coefficient (Wildman–Crippen LogP) is 2.48. The molecule has 0 bridgehead atoms. The fourth-order valence-electron chi connectivity index (χ4n) is 1.61. The smallest absolute Gasteiger partial charge is 0.271 e. The van der Waals surface area contributed by atoms with Crippen molar-refractivity contribution in [3.05, 3.63) is 33.9 Å². The highest BCUT2D eigenvalue weighted by atomic mass is 16.6. The van der Waals surface area contributed by atoms with Gasteiger partial charge in [-0.3, -0.25) is 10.1 Å². The summed E-state index contributed by atoms with van der Waals surface area (Å²) < 4.78 is 0. The van der Waals surface area contributed by atoms with Gasteiger partial charge >= 0.3 is 0 Å². The van der Waals surface area contributed by atoms with Crippen molar-refractivity contribution >= 4 is 11.4 Å². The van der Waals surface area contributed by atoms with E-state index in [0.717, 1.165) is 24.1 Å². The minimum absolute atomic E-state index is 0.0902. The summed E-state index contributed by atoms with van der Waals surface area (Å²) in [5, 5.41) is 22.6. The monoisotopic (exact) mass is 238 g/mol. The Morgan fingerprint density at radius 3 is 2.82 bits per heavy atom. The molecule has 0 aliphatic carbocycles. The average Bonchev–Trinajstić information content (AvgIpc) is 2.29. The van der Waals surface area contributed by atoms with Crippen LogP contribution >= 0.6 is 0 Å². The minimum Gasteiger partial charge on any atom is -0.396 e. The molecule has 1 rings (SSSR count). The third-order valence-electron chi connectivity index (χ3n) is 2.63. The second-order valence-electron chi connectivity index (χ2n) is 4.17. The molecule has 1 unspecified atom stereocenters. The van der Waals surface area contributed by atoms with Crippen molar-refractivity contribution in [2.75, 3.05) is 11.9 Å². The van der Waals surface area contributed by atoms with Crippen LogP contribution in [0.1, 0.15) is 25.3 Å². The van der Waals surface area contributed by atoms with Gasteiger partial charge in [-0.15, -0.1) is 0 Å². The molecule has 1 aromatic rings. The van der Waals surface area contributed by atoms with Crippen LogP contribution in [0.25, 0.3) is 0 Å². The predicted molar refractivity (Wildman–Crippen MR) is 67.2 cm³/mol. The maximum absolute atomic E-state index is 10.7. The van der Waals surface area contributed by atoms with E-state index in [4.69, 9.17) is 5.11 Å². The number of non-ortho nitro benzene ring substituents is 1. The van der Waals surface area contributed by atoms with E-state index in [1.807, 2.05) is 13.8 Å². The lowest BCUT2D eigenvalue weighted by Gasteiger charge is -2.16. The van der Waals surface area contributed by atoms with Crippen molar-refractivity contribution in [2.24, 2.45) is 0 Å². The number of aryl methyl sites for hydroxylation is 1. The van der Waals surface area contributed by atoms with E-state index in [2.05, 4.69) is 5.32 Å². The molecule has 0 aromatic heterocycles. The summed E-state index contributed by atoms with van der Waals surface area (Å²) in [5.41, 5.74) is 1.85. The second-order valence-corrected chi connectivity index (χ2v) is 4.17. The number of benzene rings is 1. The Bertz CT molecular complexity index is 393. The Morgan fingerprint density at radius 2 is 2.24 bits per heavy atom. The zero-order chi connectivity index (χ0) is 12.8. The quantitative estimate of drug-likeness (QED) is 0.589. The summed E-state index contributed by atoms with van der Waals surface area (Å²) in [6, 6.07) is 4.96. The summed E-state index contributed by atoms with van der Waals surface area (Å²) in [5.74, 6) is 0. The van der Waals surface area contributed by atoms with E-state index in [0.29, 0.717) is 0 Å². The lowest BCUT2D eigenvalue weighted by molar-refractivity contribution is -0.384. The number of nitro groups is 1. The number of anilines is 1. The molecule has 0 amide bonds. The lowest BCUT2D eigenvalue weighted by atomic mass is 10.1. The summed E-state index contributed by atoms with van der Waals surface area (Å²) in [7, 11) is 0. The molecule has 94 valence electrons. The molecule has 0 radical (unpaired) electrons. The topological polar surface area (TPSA) is 75.4 Å². The Hall–Kier alpha value is -1.62. The van der Waals surface area contributed by atoms with Gasteiger partial charge in [-0.05, 0) is 32.3 Å². The third-order valence-corrected chi connectivity index (χ3v) is 2.63. The van der Waals surface area contributed by atoms with Crippen LogP contribution in [0.2, 0.25) is 0 Å². The fourth-order valence-corrected chi connectivity index (χ4v) is 1.61. The van der Waals surface area contributed by atoms with Gasteiger partial charge in [0, 0.05) is 30.5 Å². The summed E-state index contributed by atoms with van der Waals surface area (Å²) >= 11 is 0. The number of aliphatic hydroxyl groups excluding tert-OH is 1. The Balaban J connectivity index is 2.75. The molecular weight excluding hydrogens is 220 g/mol. The molecule has 0 spiro atoms. The molecular formula is C12H18N2O3. The minimum atomic E-state index is -0.400. The molecule has 0 fully saturated rings. The van der Waals surface area contributed by atoms with Crippen LogP contribution in [-0.2, 0) is 0 Å². The first kappa shape index (κ1) is 13.4. The summed E-state index contributed by atoms with van der Waals surface area (Å²) in [6.07, 6.45) is 1.56. The van der Waals surface area contributed by atoms with Crippen molar-refractivity contribution in [2.45, 2.75) is 32.7 Å². The first-order valence-corrected chi connectivity index (χ1v) is 5.67. The van der Waals surface area contributed by atoms with Crippen molar-refractivity contribution in [1.29, 1.82) is 0 Å². The van der Waals surface area contributed by atoms with Crippen molar-refractivity contribution in [3.63, 3.8) is 0 Å². The first-order chi connectivity index (χ1) is 8.04. The Morgan fingerprint density at radius 1 is 1.53 bits per heavy atom. The zero-order valence-corrected chi connectivity index (χ0v) is 10.1. The van der Waals surface area contributed by atoms with Crippen LogP contribution in [-0.4, -0.2) is 22.7 Å². The van der Waals surface area contributed by atoms with Crippen LogP contribution in [0.15, 0.2) is 18.2 Å². The largest absolute Gasteiger partial charge is 0.396 e. The standard InChI is InChI=1S/C12H18N2O3/c1-9-5-6-11(14(16)17)8-12(9)13-10(2)4-3-7-15/h5-6,8,10,13,15H,3-4,7H2,1-2H3. The number of aliphatic hydroxyl groups is 1. The van der Waals surface area contributed by atoms with Crippen molar-refractivity contribution < 1.29 is 10.0 Å². The van der Waals surface area contributed by atoms with E-state index in [-0.39, 0.29) is 18.3 Å². The molecule has 0 aliphatic heterocycles. The molecule has 2 N–H and O–H groups in total. The maximum Gasteiger partial charge on any atom is 0.271 e. The first-order valence-electron chi connectivity index (χ1n) is 5.67. The molecule has 1 atom stereocenters. The summed E-state index contributed by atoms with van der Waals surface area (Å²) in [6.45, 7) is 4.07. The fraction of sp³-hybridized carbons (Fsp3) is 0.500. The Labute approximate surface area is 101 Å². The van der Waals surface area contributed by atoms with Gasteiger partial charge in [0.25, 0.3) is 5.69 Å². The van der Waals surface area contributed by atoms with E-state index >= 15 is 0 Å². The van der Waals surface area contributed by atoms with E-state index in [1.54, 1.807) is 12.1 Å². The van der Waals surface area contributed by atoms with Gasteiger partial charge in [0.1, 0.15) is 0 Å². The van der Waals surface area contributed by atoms with Gasteiger partial charge in [-0.2, -0.15) is 0 Å². The average molecular weight is 238 g/mol. The van der Waals surface area contributed by atoms with Gasteiger partial charge in [-0.25, -0.2) is 0 Å². The van der Waals surface area contributed by atoms with Gasteiger partial charge in [0.2, 0.25) is 0 Å². The van der Waals surface area contributed by atoms with Crippen LogP contribution in [0.3, 0.4) is 0 Å². The zero-order valence-electron chi connectivity index (χ0n) is 10.1. The number of rotatable bonds is 6. The highest BCUT2D eigenvalue weighted by Crippen LogP contribution is 2.22. The van der Waals surface area contributed by atoms with Gasteiger partial charge in [0.05, 0.1) is 4.92 Å². The van der Waals surface area contributed by atoms with Gasteiger partial charge in [0.15, 0.2) is 0 Å². The van der Waals surface area contributed by atoms with E-state index < -0.39 is 4.92 Å². The molecule has 5 heteroatoms. The maximum atomic E-state index is 10.7. The number of nitro benzene ring substituents is 1. The molecule has 0 aliphatic rings.